The number of ether oxygens (including phenoxy) is 1. The predicted molar refractivity (Wildman–Crippen MR) is 99.2 cm³/mol. The maximum atomic E-state index is 5.30. The zero-order chi connectivity index (χ0) is 14.3. The van der Waals surface area contributed by atoms with Crippen LogP contribution in [0.2, 0.25) is 0 Å². The molecule has 0 unspecified atom stereocenters. The first-order chi connectivity index (χ1) is 9.26. The fourth-order valence-electron chi connectivity index (χ4n) is 1.75. The van der Waals surface area contributed by atoms with Crippen molar-refractivity contribution in [2.75, 3.05) is 39.9 Å². The molecule has 120 valence electrons. The summed E-state index contributed by atoms with van der Waals surface area (Å²) in [5.41, 5.74) is 0. The standard InChI is InChI=1S/C15H31N3O.HI/c1-5-8-9-10-11-13-18(4)15(16-6-2)17-12-14-19-7-3;/h5H,1,6-14H2,2-4H3,(H,16,17);1H. The summed E-state index contributed by atoms with van der Waals surface area (Å²) >= 11 is 0. The maximum Gasteiger partial charge on any atom is 0.193 e. The second-order valence-electron chi connectivity index (χ2n) is 4.49. The maximum absolute atomic E-state index is 5.30. The first-order valence-corrected chi connectivity index (χ1v) is 7.44. The molecule has 0 rings (SSSR count). The second kappa shape index (κ2) is 16.8. The highest BCUT2D eigenvalue weighted by molar-refractivity contribution is 14.0. The number of unbranched alkanes of at least 4 members (excludes halogenated alkanes) is 3. The van der Waals surface area contributed by atoms with Gasteiger partial charge in [-0.1, -0.05) is 12.5 Å². The number of nitrogens with one attached hydrogen (secondary N) is 1. The van der Waals surface area contributed by atoms with E-state index in [0.29, 0.717) is 6.61 Å². The van der Waals surface area contributed by atoms with Crippen molar-refractivity contribution in [1.29, 1.82) is 0 Å². The summed E-state index contributed by atoms with van der Waals surface area (Å²) in [7, 11) is 2.09. The van der Waals surface area contributed by atoms with Gasteiger partial charge in [0.2, 0.25) is 0 Å². The van der Waals surface area contributed by atoms with E-state index in [1.807, 2.05) is 13.0 Å². The highest BCUT2D eigenvalue weighted by Gasteiger charge is 2.04. The molecule has 0 aliphatic carbocycles. The Morgan fingerprint density at radius 1 is 1.30 bits per heavy atom. The molecule has 0 amide bonds. The van der Waals surface area contributed by atoms with Gasteiger partial charge in [-0.2, -0.15) is 0 Å². The van der Waals surface area contributed by atoms with E-state index in [4.69, 9.17) is 4.74 Å². The number of guanidine groups is 1. The molecule has 20 heavy (non-hydrogen) atoms. The van der Waals surface area contributed by atoms with Crippen molar-refractivity contribution >= 4 is 29.9 Å². The molecule has 0 bridgehead atoms. The number of allylic oxidation sites excluding steroid dienone is 1. The number of rotatable bonds is 11. The van der Waals surface area contributed by atoms with Crippen molar-refractivity contribution in [3.05, 3.63) is 12.7 Å². The van der Waals surface area contributed by atoms with Crippen LogP contribution in [0.1, 0.15) is 39.5 Å². The monoisotopic (exact) mass is 397 g/mol. The van der Waals surface area contributed by atoms with Gasteiger partial charge >= 0.3 is 0 Å². The largest absolute Gasteiger partial charge is 0.380 e. The molecule has 4 nitrogen and oxygen atoms in total. The lowest BCUT2D eigenvalue weighted by Crippen LogP contribution is -2.39. The molecule has 0 aromatic heterocycles. The van der Waals surface area contributed by atoms with E-state index >= 15 is 0 Å². The molecule has 0 aliphatic rings. The summed E-state index contributed by atoms with van der Waals surface area (Å²) in [5, 5.41) is 3.32. The van der Waals surface area contributed by atoms with Gasteiger partial charge in [-0.25, -0.2) is 0 Å². The normalized spacial score (nSPS) is 10.8. The molecule has 0 atom stereocenters. The summed E-state index contributed by atoms with van der Waals surface area (Å²) in [6.45, 7) is 11.9. The van der Waals surface area contributed by atoms with E-state index in [0.717, 1.165) is 38.6 Å². The third kappa shape index (κ3) is 12.7. The second-order valence-corrected chi connectivity index (χ2v) is 4.49. The van der Waals surface area contributed by atoms with E-state index in [2.05, 4.69) is 35.8 Å². The number of hydrogen-bond acceptors (Lipinski definition) is 2. The van der Waals surface area contributed by atoms with Gasteiger partial charge in [0.15, 0.2) is 5.96 Å². The number of hydrogen-bond donors (Lipinski definition) is 1. The van der Waals surface area contributed by atoms with Gasteiger partial charge in [-0.3, -0.25) is 4.99 Å². The van der Waals surface area contributed by atoms with Gasteiger partial charge in [-0.15, -0.1) is 30.6 Å². The molecule has 0 aliphatic heterocycles. The van der Waals surface area contributed by atoms with E-state index in [9.17, 15) is 0 Å². The molecule has 0 radical (unpaired) electrons. The van der Waals surface area contributed by atoms with Crippen LogP contribution in [0, 0.1) is 0 Å². The van der Waals surface area contributed by atoms with Crippen LogP contribution >= 0.6 is 24.0 Å². The molecule has 1 N–H and O–H groups in total. The summed E-state index contributed by atoms with van der Waals surface area (Å²) in [5.74, 6) is 0.978. The molecular formula is C15H32IN3O. The van der Waals surface area contributed by atoms with Crippen molar-refractivity contribution < 1.29 is 4.74 Å². The summed E-state index contributed by atoms with van der Waals surface area (Å²) in [6, 6.07) is 0. The van der Waals surface area contributed by atoms with Crippen molar-refractivity contribution in [2.45, 2.75) is 39.5 Å². The Labute approximate surface area is 142 Å². The molecule has 0 saturated heterocycles. The minimum atomic E-state index is 0. The van der Waals surface area contributed by atoms with Crippen molar-refractivity contribution in [2.24, 2.45) is 4.99 Å². The smallest absolute Gasteiger partial charge is 0.193 e. The van der Waals surface area contributed by atoms with Gasteiger partial charge in [0, 0.05) is 26.7 Å². The van der Waals surface area contributed by atoms with Crippen LogP contribution < -0.4 is 5.32 Å². The van der Waals surface area contributed by atoms with Crippen LogP contribution in [0.25, 0.3) is 0 Å². The average Bonchev–Trinajstić information content (AvgIpc) is 2.42. The summed E-state index contributed by atoms with van der Waals surface area (Å²) in [4.78, 5) is 6.75. The topological polar surface area (TPSA) is 36.9 Å². The zero-order valence-corrected chi connectivity index (χ0v) is 15.7. The fourth-order valence-corrected chi connectivity index (χ4v) is 1.75. The van der Waals surface area contributed by atoms with Gasteiger partial charge < -0.3 is 15.0 Å². The molecule has 0 saturated carbocycles. The SMILES string of the molecule is C=CCCCCCN(C)C(=NCCOCC)NCC.I. The number of nitrogens with zero attached hydrogens (tertiary/aromatic N) is 2. The van der Waals surface area contributed by atoms with Crippen LogP contribution in [0.4, 0.5) is 0 Å². The van der Waals surface area contributed by atoms with Crippen LogP contribution in [0.3, 0.4) is 0 Å². The molecule has 0 aromatic rings. The zero-order valence-electron chi connectivity index (χ0n) is 13.4. The van der Waals surface area contributed by atoms with Crippen molar-refractivity contribution in [3.8, 4) is 0 Å². The van der Waals surface area contributed by atoms with Crippen LogP contribution in [-0.4, -0.2) is 50.8 Å². The van der Waals surface area contributed by atoms with Crippen LogP contribution in [-0.2, 0) is 4.74 Å². The molecular weight excluding hydrogens is 365 g/mol. The first-order valence-electron chi connectivity index (χ1n) is 7.44. The molecule has 0 fully saturated rings. The van der Waals surface area contributed by atoms with Crippen LogP contribution in [0.5, 0.6) is 0 Å². The Morgan fingerprint density at radius 3 is 2.65 bits per heavy atom. The van der Waals surface area contributed by atoms with Crippen molar-refractivity contribution in [1.82, 2.24) is 10.2 Å². The van der Waals surface area contributed by atoms with E-state index < -0.39 is 0 Å². The van der Waals surface area contributed by atoms with E-state index in [1.54, 1.807) is 0 Å². The molecule has 5 heteroatoms. The third-order valence-corrected chi connectivity index (χ3v) is 2.80. The minimum Gasteiger partial charge on any atom is -0.380 e. The van der Waals surface area contributed by atoms with Crippen molar-refractivity contribution in [3.63, 3.8) is 0 Å². The van der Waals surface area contributed by atoms with Gasteiger partial charge in [0.1, 0.15) is 0 Å². The Balaban J connectivity index is 0. The molecule has 0 heterocycles. The quantitative estimate of drug-likeness (QED) is 0.191. The lowest BCUT2D eigenvalue weighted by Gasteiger charge is -2.22. The molecule has 0 spiro atoms. The average molecular weight is 397 g/mol. The minimum absolute atomic E-state index is 0. The van der Waals surface area contributed by atoms with E-state index in [-0.39, 0.29) is 24.0 Å². The summed E-state index contributed by atoms with van der Waals surface area (Å²) < 4.78 is 5.30. The lowest BCUT2D eigenvalue weighted by atomic mass is 10.2. The van der Waals surface area contributed by atoms with E-state index in [1.165, 1.54) is 19.3 Å². The fraction of sp³-hybridized carbons (Fsp3) is 0.800. The lowest BCUT2D eigenvalue weighted by molar-refractivity contribution is 0.155. The molecule has 0 aromatic carbocycles. The first kappa shape index (κ1) is 22.0. The summed E-state index contributed by atoms with van der Waals surface area (Å²) in [6.07, 6.45) is 6.78. The Bertz CT molecular complexity index is 247. The highest BCUT2D eigenvalue weighted by Crippen LogP contribution is 2.01. The van der Waals surface area contributed by atoms with Gasteiger partial charge in [0.05, 0.1) is 13.2 Å². The third-order valence-electron chi connectivity index (χ3n) is 2.80. The Hall–Kier alpha value is -0.300. The van der Waals surface area contributed by atoms with Crippen LogP contribution in [0.15, 0.2) is 17.6 Å². The van der Waals surface area contributed by atoms with Gasteiger partial charge in [-0.05, 0) is 33.1 Å². The van der Waals surface area contributed by atoms with Gasteiger partial charge in [0.25, 0.3) is 0 Å². The predicted octanol–water partition coefficient (Wildman–Crippen LogP) is 3.28. The Morgan fingerprint density at radius 2 is 2.05 bits per heavy atom. The highest BCUT2D eigenvalue weighted by atomic mass is 127. The Kier molecular flexibility index (Phi) is 18.4. The number of halogens is 1. The number of aliphatic imine (C=N–C) groups is 1.